The standard InChI is InChI=1S/C13H17ClO3/c1-9(4-7-13(14)15)10-5-6-11(16-2)12(8-10)17-3/h5-6,8-9H,4,7H2,1-3H3. The summed E-state index contributed by atoms with van der Waals surface area (Å²) in [6.07, 6.45) is 1.12. The molecule has 0 heterocycles. The minimum atomic E-state index is -0.294. The molecule has 0 saturated carbocycles. The quantitative estimate of drug-likeness (QED) is 0.732. The first-order valence-electron chi connectivity index (χ1n) is 5.48. The van der Waals surface area contributed by atoms with Gasteiger partial charge in [-0.15, -0.1) is 0 Å². The Bertz CT molecular complexity index is 390. The molecule has 1 unspecified atom stereocenters. The van der Waals surface area contributed by atoms with Crippen LogP contribution < -0.4 is 9.47 Å². The molecule has 0 aromatic heterocycles. The van der Waals surface area contributed by atoms with Gasteiger partial charge in [-0.2, -0.15) is 0 Å². The van der Waals surface area contributed by atoms with Crippen molar-refractivity contribution in [3.05, 3.63) is 23.8 Å². The van der Waals surface area contributed by atoms with E-state index in [9.17, 15) is 4.79 Å². The van der Waals surface area contributed by atoms with Crippen molar-refractivity contribution < 1.29 is 14.3 Å². The first-order valence-corrected chi connectivity index (χ1v) is 5.86. The smallest absolute Gasteiger partial charge is 0.221 e. The van der Waals surface area contributed by atoms with Crippen molar-refractivity contribution in [1.29, 1.82) is 0 Å². The summed E-state index contributed by atoms with van der Waals surface area (Å²) in [5, 5.41) is -0.294. The van der Waals surface area contributed by atoms with Crippen LogP contribution in [0.1, 0.15) is 31.2 Å². The van der Waals surface area contributed by atoms with Crippen LogP contribution in [0.3, 0.4) is 0 Å². The van der Waals surface area contributed by atoms with Crippen molar-refractivity contribution in [1.82, 2.24) is 0 Å². The van der Waals surface area contributed by atoms with Crippen molar-refractivity contribution in [2.45, 2.75) is 25.7 Å². The van der Waals surface area contributed by atoms with Gasteiger partial charge in [0.1, 0.15) is 0 Å². The summed E-state index contributed by atoms with van der Waals surface area (Å²) in [6.45, 7) is 2.06. The van der Waals surface area contributed by atoms with Gasteiger partial charge in [0, 0.05) is 6.42 Å². The zero-order chi connectivity index (χ0) is 12.8. The highest BCUT2D eigenvalue weighted by atomic mass is 35.5. The Hall–Kier alpha value is -1.22. The van der Waals surface area contributed by atoms with Gasteiger partial charge in [0.15, 0.2) is 11.5 Å². The SMILES string of the molecule is COc1ccc(C(C)CCC(=O)Cl)cc1OC. The molecule has 0 spiro atoms. The molecule has 0 aliphatic carbocycles. The van der Waals surface area contributed by atoms with Crippen molar-refractivity contribution in [2.75, 3.05) is 14.2 Å². The van der Waals surface area contributed by atoms with E-state index >= 15 is 0 Å². The Morgan fingerprint density at radius 3 is 2.47 bits per heavy atom. The Kier molecular flexibility index (Phi) is 5.29. The van der Waals surface area contributed by atoms with Crippen molar-refractivity contribution >= 4 is 16.8 Å². The maximum atomic E-state index is 10.7. The summed E-state index contributed by atoms with van der Waals surface area (Å²) in [7, 11) is 3.21. The van der Waals surface area contributed by atoms with Crippen LogP contribution in [0.2, 0.25) is 0 Å². The second kappa shape index (κ2) is 6.50. The van der Waals surface area contributed by atoms with Crippen LogP contribution in [0, 0.1) is 0 Å². The van der Waals surface area contributed by atoms with Gasteiger partial charge >= 0.3 is 0 Å². The lowest BCUT2D eigenvalue weighted by Crippen LogP contribution is -1.98. The Morgan fingerprint density at radius 1 is 1.29 bits per heavy atom. The van der Waals surface area contributed by atoms with E-state index in [0.29, 0.717) is 17.9 Å². The third-order valence-corrected chi connectivity index (χ3v) is 2.94. The Balaban J connectivity index is 2.80. The number of ether oxygens (including phenoxy) is 2. The zero-order valence-corrected chi connectivity index (χ0v) is 11.1. The lowest BCUT2D eigenvalue weighted by molar-refractivity contribution is -0.111. The summed E-state index contributed by atoms with van der Waals surface area (Å²) in [6, 6.07) is 5.78. The second-order valence-corrected chi connectivity index (χ2v) is 4.33. The van der Waals surface area contributed by atoms with Gasteiger partial charge in [0.25, 0.3) is 0 Å². The van der Waals surface area contributed by atoms with E-state index in [1.807, 2.05) is 18.2 Å². The molecule has 0 saturated heterocycles. The zero-order valence-electron chi connectivity index (χ0n) is 10.3. The second-order valence-electron chi connectivity index (χ2n) is 3.91. The number of hydrogen-bond acceptors (Lipinski definition) is 3. The Labute approximate surface area is 107 Å². The summed E-state index contributed by atoms with van der Waals surface area (Å²) >= 11 is 5.33. The molecule has 1 rings (SSSR count). The average Bonchev–Trinajstić information content (AvgIpc) is 2.34. The molecule has 0 fully saturated rings. The van der Waals surface area contributed by atoms with E-state index in [2.05, 4.69) is 6.92 Å². The van der Waals surface area contributed by atoms with E-state index in [1.165, 1.54) is 0 Å². The highest BCUT2D eigenvalue weighted by Gasteiger charge is 2.11. The van der Waals surface area contributed by atoms with Crippen molar-refractivity contribution in [2.24, 2.45) is 0 Å². The molecule has 4 heteroatoms. The summed E-state index contributed by atoms with van der Waals surface area (Å²) in [4.78, 5) is 10.7. The first kappa shape index (κ1) is 13.8. The van der Waals surface area contributed by atoms with Gasteiger partial charge in [-0.1, -0.05) is 13.0 Å². The molecule has 0 aliphatic rings. The number of carbonyl (C=O) groups is 1. The van der Waals surface area contributed by atoms with E-state index < -0.39 is 0 Å². The maximum Gasteiger partial charge on any atom is 0.221 e. The highest BCUT2D eigenvalue weighted by Crippen LogP contribution is 2.31. The molecule has 17 heavy (non-hydrogen) atoms. The predicted octanol–water partition coefficient (Wildman–Crippen LogP) is 3.35. The van der Waals surface area contributed by atoms with Crippen LogP contribution >= 0.6 is 11.6 Å². The minimum Gasteiger partial charge on any atom is -0.493 e. The molecule has 94 valence electrons. The van der Waals surface area contributed by atoms with E-state index in [4.69, 9.17) is 21.1 Å². The summed E-state index contributed by atoms with van der Waals surface area (Å²) < 4.78 is 10.4. The van der Waals surface area contributed by atoms with Crippen LogP contribution in [0.5, 0.6) is 11.5 Å². The maximum absolute atomic E-state index is 10.7. The fraction of sp³-hybridized carbons (Fsp3) is 0.462. The number of rotatable bonds is 6. The van der Waals surface area contributed by atoms with Crippen LogP contribution in [-0.2, 0) is 4.79 Å². The molecule has 1 atom stereocenters. The number of hydrogen-bond donors (Lipinski definition) is 0. The van der Waals surface area contributed by atoms with E-state index in [-0.39, 0.29) is 11.2 Å². The van der Waals surface area contributed by atoms with Crippen molar-refractivity contribution in [3.8, 4) is 11.5 Å². The number of benzene rings is 1. The molecule has 0 amide bonds. The lowest BCUT2D eigenvalue weighted by atomic mass is 9.96. The fourth-order valence-corrected chi connectivity index (χ4v) is 1.77. The summed E-state index contributed by atoms with van der Waals surface area (Å²) in [5.41, 5.74) is 1.11. The van der Waals surface area contributed by atoms with E-state index in [0.717, 1.165) is 12.0 Å². The third kappa shape index (κ3) is 3.93. The average molecular weight is 257 g/mol. The van der Waals surface area contributed by atoms with Gasteiger partial charge in [0.05, 0.1) is 14.2 Å². The van der Waals surface area contributed by atoms with E-state index in [1.54, 1.807) is 14.2 Å². The molecule has 0 aliphatic heterocycles. The van der Waals surface area contributed by atoms with Gasteiger partial charge in [-0.25, -0.2) is 0 Å². The molecular formula is C13H17ClO3. The predicted molar refractivity (Wildman–Crippen MR) is 68.1 cm³/mol. The molecule has 0 N–H and O–H groups in total. The fourth-order valence-electron chi connectivity index (χ4n) is 1.66. The number of halogens is 1. The lowest BCUT2D eigenvalue weighted by Gasteiger charge is -2.14. The van der Waals surface area contributed by atoms with Gasteiger partial charge in [-0.3, -0.25) is 4.79 Å². The molecule has 0 bridgehead atoms. The van der Waals surface area contributed by atoms with Gasteiger partial charge < -0.3 is 9.47 Å². The third-order valence-electron chi connectivity index (χ3n) is 2.75. The topological polar surface area (TPSA) is 35.5 Å². The number of carbonyl (C=O) groups excluding carboxylic acids is 1. The monoisotopic (exact) mass is 256 g/mol. The molecule has 1 aromatic rings. The molecular weight excluding hydrogens is 240 g/mol. The van der Waals surface area contributed by atoms with Crippen LogP contribution in [0.15, 0.2) is 18.2 Å². The normalized spacial score (nSPS) is 12.0. The first-order chi connectivity index (χ1) is 8.08. The molecule has 3 nitrogen and oxygen atoms in total. The highest BCUT2D eigenvalue weighted by molar-refractivity contribution is 6.63. The van der Waals surface area contributed by atoms with Crippen molar-refractivity contribution in [3.63, 3.8) is 0 Å². The van der Waals surface area contributed by atoms with Crippen LogP contribution in [-0.4, -0.2) is 19.5 Å². The molecule has 1 aromatic carbocycles. The minimum absolute atomic E-state index is 0.262. The molecule has 0 radical (unpaired) electrons. The Morgan fingerprint density at radius 2 is 1.94 bits per heavy atom. The summed E-state index contributed by atoms with van der Waals surface area (Å²) in [5.74, 6) is 1.67. The largest absolute Gasteiger partial charge is 0.493 e. The van der Waals surface area contributed by atoms with Gasteiger partial charge in [0.2, 0.25) is 5.24 Å². The van der Waals surface area contributed by atoms with Gasteiger partial charge in [-0.05, 0) is 41.6 Å². The van der Waals surface area contributed by atoms with Crippen LogP contribution in [0.25, 0.3) is 0 Å². The number of methoxy groups -OCH3 is 2. The van der Waals surface area contributed by atoms with Crippen LogP contribution in [0.4, 0.5) is 0 Å².